The summed E-state index contributed by atoms with van der Waals surface area (Å²) in [6.45, 7) is 9.27. The van der Waals surface area contributed by atoms with Crippen molar-refractivity contribution in [3.05, 3.63) is 42.0 Å². The molecule has 1 aromatic rings. The Balaban J connectivity index is 2.38. The minimum atomic E-state index is 0.0596. The Morgan fingerprint density at radius 2 is 2.22 bits per heavy atom. The topological polar surface area (TPSA) is 23.5 Å². The van der Waals surface area contributed by atoms with Gasteiger partial charge in [0.1, 0.15) is 5.75 Å². The lowest BCUT2D eigenvalue weighted by Crippen LogP contribution is -2.48. The molecule has 2 rings (SSSR count). The monoisotopic (exact) mass is 245 g/mol. The minimum absolute atomic E-state index is 0.0596. The number of benzene rings is 1. The third kappa shape index (κ3) is 2.17. The van der Waals surface area contributed by atoms with Crippen LogP contribution in [0.15, 0.2) is 30.9 Å². The van der Waals surface area contributed by atoms with E-state index in [-0.39, 0.29) is 5.41 Å². The predicted molar refractivity (Wildman–Crippen MR) is 76.1 cm³/mol. The Bertz CT molecular complexity index is 450. The molecule has 2 nitrogen and oxygen atoms in total. The molecule has 0 amide bonds. The van der Waals surface area contributed by atoms with Gasteiger partial charge in [0.2, 0.25) is 0 Å². The molecule has 0 fully saturated rings. The van der Waals surface area contributed by atoms with E-state index >= 15 is 0 Å². The van der Waals surface area contributed by atoms with Gasteiger partial charge in [0.05, 0.1) is 0 Å². The number of nitrogens with zero attached hydrogens (tertiary/aromatic N) is 1. The molecule has 1 aliphatic rings. The van der Waals surface area contributed by atoms with E-state index in [1.807, 2.05) is 12.1 Å². The number of phenols is 1. The first-order chi connectivity index (χ1) is 8.46. The van der Waals surface area contributed by atoms with Gasteiger partial charge in [-0.2, -0.15) is 0 Å². The van der Waals surface area contributed by atoms with Crippen molar-refractivity contribution in [3.63, 3.8) is 0 Å². The van der Waals surface area contributed by atoms with Crippen LogP contribution in [0.3, 0.4) is 0 Å². The van der Waals surface area contributed by atoms with Crippen molar-refractivity contribution in [3.8, 4) is 5.75 Å². The van der Waals surface area contributed by atoms with E-state index in [1.165, 1.54) is 11.1 Å². The van der Waals surface area contributed by atoms with Gasteiger partial charge in [-0.05, 0) is 43.1 Å². The van der Waals surface area contributed by atoms with E-state index in [1.54, 1.807) is 6.07 Å². The van der Waals surface area contributed by atoms with E-state index in [4.69, 9.17) is 0 Å². The van der Waals surface area contributed by atoms with Gasteiger partial charge in [-0.1, -0.05) is 26.0 Å². The number of fused-ring (bicyclic) bond motifs is 1. The largest absolute Gasteiger partial charge is 0.508 e. The van der Waals surface area contributed by atoms with E-state index in [2.05, 4.69) is 38.4 Å². The highest BCUT2D eigenvalue weighted by Crippen LogP contribution is 2.40. The molecule has 1 aromatic carbocycles. The Morgan fingerprint density at radius 3 is 2.89 bits per heavy atom. The average Bonchev–Trinajstić information content (AvgIpc) is 2.30. The molecule has 0 saturated carbocycles. The summed E-state index contributed by atoms with van der Waals surface area (Å²) >= 11 is 0. The average molecular weight is 245 g/mol. The Hall–Kier alpha value is -1.28. The zero-order valence-corrected chi connectivity index (χ0v) is 11.6. The van der Waals surface area contributed by atoms with Crippen LogP contribution < -0.4 is 0 Å². The summed E-state index contributed by atoms with van der Waals surface area (Å²) in [6, 6.07) is 6.28. The van der Waals surface area contributed by atoms with Crippen LogP contribution in [0.4, 0.5) is 0 Å². The summed E-state index contributed by atoms with van der Waals surface area (Å²) in [6.07, 6.45) is 4.20. The van der Waals surface area contributed by atoms with Gasteiger partial charge in [0.15, 0.2) is 0 Å². The maximum absolute atomic E-state index is 9.72. The zero-order valence-electron chi connectivity index (χ0n) is 11.6. The van der Waals surface area contributed by atoms with Crippen molar-refractivity contribution < 1.29 is 5.11 Å². The summed E-state index contributed by atoms with van der Waals surface area (Å²) in [4.78, 5) is 2.36. The smallest absolute Gasteiger partial charge is 0.115 e. The van der Waals surface area contributed by atoms with Crippen LogP contribution in [0.2, 0.25) is 0 Å². The fraction of sp³-hybridized carbons (Fsp3) is 0.500. The molecule has 1 aliphatic carbocycles. The second-order valence-electron chi connectivity index (χ2n) is 5.85. The van der Waals surface area contributed by atoms with Crippen LogP contribution in [0.5, 0.6) is 5.75 Å². The molecule has 18 heavy (non-hydrogen) atoms. The molecule has 0 unspecified atom stereocenters. The SMILES string of the molecule is C=CCN(C)[C@H]1CCc2ccc(O)cc2C1(C)C. The lowest BCUT2D eigenvalue weighted by molar-refractivity contribution is 0.159. The molecule has 98 valence electrons. The van der Waals surface area contributed by atoms with Gasteiger partial charge in [0.25, 0.3) is 0 Å². The quantitative estimate of drug-likeness (QED) is 0.827. The van der Waals surface area contributed by atoms with Crippen molar-refractivity contribution in [2.75, 3.05) is 13.6 Å². The van der Waals surface area contributed by atoms with Crippen molar-refractivity contribution in [1.29, 1.82) is 0 Å². The molecule has 0 heterocycles. The molecule has 2 heteroatoms. The third-order valence-corrected chi connectivity index (χ3v) is 4.26. The molecule has 0 spiro atoms. The van der Waals surface area contributed by atoms with E-state index in [0.29, 0.717) is 11.8 Å². The predicted octanol–water partition coefficient (Wildman–Crippen LogP) is 3.10. The van der Waals surface area contributed by atoms with Crippen LogP contribution in [-0.2, 0) is 11.8 Å². The molecular formula is C16H23NO. The molecule has 1 N–H and O–H groups in total. The lowest BCUT2D eigenvalue weighted by atomic mass is 9.68. The number of hydrogen-bond donors (Lipinski definition) is 1. The van der Waals surface area contributed by atoms with Gasteiger partial charge < -0.3 is 5.11 Å². The van der Waals surface area contributed by atoms with Crippen LogP contribution in [-0.4, -0.2) is 29.6 Å². The molecule has 0 radical (unpaired) electrons. The van der Waals surface area contributed by atoms with Gasteiger partial charge in [0, 0.05) is 18.0 Å². The summed E-state index contributed by atoms with van der Waals surface area (Å²) < 4.78 is 0. The summed E-state index contributed by atoms with van der Waals surface area (Å²) in [5.74, 6) is 0.369. The lowest BCUT2D eigenvalue weighted by Gasteiger charge is -2.45. The maximum Gasteiger partial charge on any atom is 0.115 e. The zero-order chi connectivity index (χ0) is 13.3. The van der Waals surface area contributed by atoms with Crippen LogP contribution in [0, 0.1) is 0 Å². The number of aromatic hydroxyl groups is 1. The van der Waals surface area contributed by atoms with Gasteiger partial charge in [-0.15, -0.1) is 6.58 Å². The molecule has 0 saturated heterocycles. The molecule has 1 atom stereocenters. The number of hydrogen-bond acceptors (Lipinski definition) is 2. The normalized spacial score (nSPS) is 21.7. The first kappa shape index (κ1) is 13.2. The van der Waals surface area contributed by atoms with E-state index in [0.717, 1.165) is 19.4 Å². The van der Waals surface area contributed by atoms with Crippen molar-refractivity contribution in [2.45, 2.75) is 38.1 Å². The van der Waals surface area contributed by atoms with Crippen molar-refractivity contribution >= 4 is 0 Å². The van der Waals surface area contributed by atoms with Crippen LogP contribution in [0.25, 0.3) is 0 Å². The summed E-state index contributed by atoms with van der Waals surface area (Å²) in [7, 11) is 2.15. The van der Waals surface area contributed by atoms with Gasteiger partial charge in [-0.25, -0.2) is 0 Å². The second-order valence-corrected chi connectivity index (χ2v) is 5.85. The number of phenolic OH excluding ortho intramolecular Hbond substituents is 1. The minimum Gasteiger partial charge on any atom is -0.508 e. The van der Waals surface area contributed by atoms with Crippen molar-refractivity contribution in [1.82, 2.24) is 4.90 Å². The first-order valence-corrected chi connectivity index (χ1v) is 6.60. The fourth-order valence-corrected chi connectivity index (χ4v) is 3.32. The van der Waals surface area contributed by atoms with Crippen molar-refractivity contribution in [2.24, 2.45) is 0 Å². The summed E-state index contributed by atoms with van der Waals surface area (Å²) in [5, 5.41) is 9.72. The standard InChI is InChI=1S/C16H23NO/c1-5-10-17(4)15-9-7-12-6-8-13(18)11-14(12)16(15,2)3/h5-6,8,11,15,18H,1,7,9-10H2,2-4H3/t15-/m0/s1. The Morgan fingerprint density at radius 1 is 1.50 bits per heavy atom. The number of rotatable bonds is 3. The van der Waals surface area contributed by atoms with Crippen LogP contribution >= 0.6 is 0 Å². The number of likely N-dealkylation sites (N-methyl/N-ethyl adjacent to an activating group) is 1. The Kier molecular flexibility index (Phi) is 3.49. The molecular weight excluding hydrogens is 222 g/mol. The maximum atomic E-state index is 9.72. The van der Waals surface area contributed by atoms with Gasteiger partial charge in [-0.3, -0.25) is 4.90 Å². The molecule has 0 aromatic heterocycles. The highest BCUT2D eigenvalue weighted by Gasteiger charge is 2.38. The number of aryl methyl sites for hydroxylation is 1. The Labute approximate surface area is 110 Å². The first-order valence-electron chi connectivity index (χ1n) is 6.60. The highest BCUT2D eigenvalue weighted by molar-refractivity contribution is 5.42. The third-order valence-electron chi connectivity index (χ3n) is 4.26. The highest BCUT2D eigenvalue weighted by atomic mass is 16.3. The second kappa shape index (κ2) is 4.77. The van der Waals surface area contributed by atoms with Gasteiger partial charge >= 0.3 is 0 Å². The molecule has 0 bridgehead atoms. The van der Waals surface area contributed by atoms with E-state index < -0.39 is 0 Å². The van der Waals surface area contributed by atoms with E-state index in [9.17, 15) is 5.11 Å². The van der Waals surface area contributed by atoms with Crippen LogP contribution in [0.1, 0.15) is 31.4 Å². The summed E-state index contributed by atoms with van der Waals surface area (Å²) in [5.41, 5.74) is 2.72. The fourth-order valence-electron chi connectivity index (χ4n) is 3.32. The molecule has 0 aliphatic heterocycles.